The summed E-state index contributed by atoms with van der Waals surface area (Å²) < 4.78 is 5.07. The molecule has 33 heavy (non-hydrogen) atoms. The van der Waals surface area contributed by atoms with Crippen LogP contribution in [0.2, 0.25) is 0 Å². The smallest absolute Gasteiger partial charge is 0.291 e. The van der Waals surface area contributed by atoms with E-state index in [1.807, 2.05) is 44.2 Å². The normalized spacial score (nSPS) is 13.5. The number of nitrogens with one attached hydrogen (secondary N) is 2. The fourth-order valence-corrected chi connectivity index (χ4v) is 3.44. The van der Waals surface area contributed by atoms with Crippen molar-refractivity contribution in [3.63, 3.8) is 0 Å². The molecule has 1 aliphatic heterocycles. The fourth-order valence-electron chi connectivity index (χ4n) is 3.44. The zero-order valence-corrected chi connectivity index (χ0v) is 18.4. The van der Waals surface area contributed by atoms with Crippen LogP contribution in [0.5, 0.6) is 0 Å². The number of furan rings is 1. The van der Waals surface area contributed by atoms with Crippen LogP contribution >= 0.6 is 0 Å². The lowest BCUT2D eigenvalue weighted by atomic mass is 10.1. The predicted molar refractivity (Wildman–Crippen MR) is 125 cm³/mol. The molecule has 1 aromatic heterocycles. The number of aryl methyl sites for hydroxylation is 2. The molecule has 0 fully saturated rings. The number of hydrazone groups is 1. The maximum Gasteiger partial charge on any atom is 0.291 e. The van der Waals surface area contributed by atoms with Crippen molar-refractivity contribution in [1.29, 1.82) is 0 Å². The van der Waals surface area contributed by atoms with Gasteiger partial charge in [0.1, 0.15) is 5.71 Å². The van der Waals surface area contributed by atoms with Gasteiger partial charge in [0.2, 0.25) is 5.91 Å². The number of rotatable bonds is 6. The van der Waals surface area contributed by atoms with E-state index in [0.29, 0.717) is 30.1 Å². The highest BCUT2D eigenvalue weighted by molar-refractivity contribution is 6.40. The average Bonchev–Trinajstić information content (AvgIpc) is 3.36. The van der Waals surface area contributed by atoms with E-state index in [0.717, 1.165) is 16.7 Å². The molecule has 0 radical (unpaired) electrons. The quantitative estimate of drug-likeness (QED) is 0.601. The van der Waals surface area contributed by atoms with E-state index >= 15 is 0 Å². The first-order valence-electron chi connectivity index (χ1n) is 10.6. The molecule has 2 N–H and O–H groups in total. The Balaban J connectivity index is 1.38. The van der Waals surface area contributed by atoms with E-state index in [9.17, 15) is 14.4 Å². The molecule has 0 spiro atoms. The van der Waals surface area contributed by atoms with E-state index < -0.39 is 0 Å². The third-order valence-electron chi connectivity index (χ3n) is 5.30. The number of anilines is 2. The van der Waals surface area contributed by atoms with Crippen LogP contribution in [0.1, 0.15) is 40.1 Å². The standard InChI is InChI=1S/C25H24N4O4/c1-16-5-6-17(2)21(14-16)29-23(30)12-11-20(28-29)24(31)26-15-18-7-9-19(10-8-18)27-25(32)22-4-3-13-33-22/h3-10,13-14H,11-12,15H2,1-2H3,(H,26,31)(H,27,32). The molecule has 1 aliphatic rings. The van der Waals surface area contributed by atoms with Crippen molar-refractivity contribution in [2.45, 2.75) is 33.2 Å². The van der Waals surface area contributed by atoms with Crippen molar-refractivity contribution in [3.8, 4) is 0 Å². The van der Waals surface area contributed by atoms with Crippen molar-refractivity contribution in [2.24, 2.45) is 5.10 Å². The predicted octanol–water partition coefficient (Wildman–Crippen LogP) is 3.95. The minimum absolute atomic E-state index is 0.132. The first kappa shape index (κ1) is 22.0. The van der Waals surface area contributed by atoms with Crippen LogP contribution in [-0.4, -0.2) is 23.4 Å². The Hall–Kier alpha value is -4.20. The topological polar surface area (TPSA) is 104 Å². The first-order chi connectivity index (χ1) is 15.9. The third kappa shape index (κ3) is 5.17. The molecule has 8 heteroatoms. The molecular weight excluding hydrogens is 420 g/mol. The van der Waals surface area contributed by atoms with E-state index in [-0.39, 0.29) is 29.9 Å². The van der Waals surface area contributed by atoms with E-state index in [1.165, 1.54) is 11.3 Å². The van der Waals surface area contributed by atoms with Crippen molar-refractivity contribution in [3.05, 3.63) is 83.3 Å². The first-order valence-corrected chi connectivity index (χ1v) is 10.6. The second kappa shape index (κ2) is 9.52. The summed E-state index contributed by atoms with van der Waals surface area (Å²) in [5, 5.41) is 11.3. The van der Waals surface area contributed by atoms with Gasteiger partial charge in [-0.25, -0.2) is 5.01 Å². The van der Waals surface area contributed by atoms with Gasteiger partial charge in [-0.1, -0.05) is 24.3 Å². The summed E-state index contributed by atoms with van der Waals surface area (Å²) in [5.74, 6) is -0.548. The van der Waals surface area contributed by atoms with Crippen molar-refractivity contribution >= 4 is 34.8 Å². The molecule has 2 heterocycles. The molecule has 0 saturated carbocycles. The molecule has 3 amide bonds. The molecule has 0 bridgehead atoms. The second-order valence-electron chi connectivity index (χ2n) is 7.85. The lowest BCUT2D eigenvalue weighted by Crippen LogP contribution is -2.39. The van der Waals surface area contributed by atoms with E-state index in [4.69, 9.17) is 4.42 Å². The largest absolute Gasteiger partial charge is 0.459 e. The lowest BCUT2D eigenvalue weighted by Gasteiger charge is -2.24. The van der Waals surface area contributed by atoms with E-state index in [2.05, 4.69) is 15.7 Å². The van der Waals surface area contributed by atoms with Gasteiger partial charge < -0.3 is 15.1 Å². The van der Waals surface area contributed by atoms with Crippen LogP contribution in [0.25, 0.3) is 0 Å². The van der Waals surface area contributed by atoms with Crippen molar-refractivity contribution in [2.75, 3.05) is 10.3 Å². The Bertz CT molecular complexity index is 1210. The Morgan fingerprint density at radius 1 is 1.03 bits per heavy atom. The molecule has 2 aromatic carbocycles. The van der Waals surface area contributed by atoms with Gasteiger partial charge in [-0.2, -0.15) is 5.10 Å². The average molecular weight is 444 g/mol. The monoisotopic (exact) mass is 444 g/mol. The second-order valence-corrected chi connectivity index (χ2v) is 7.85. The molecule has 8 nitrogen and oxygen atoms in total. The lowest BCUT2D eigenvalue weighted by molar-refractivity contribution is -0.119. The van der Waals surface area contributed by atoms with E-state index in [1.54, 1.807) is 24.3 Å². The summed E-state index contributed by atoms with van der Waals surface area (Å²) in [6.07, 6.45) is 1.96. The SMILES string of the molecule is Cc1ccc(C)c(N2N=C(C(=O)NCc3ccc(NC(=O)c4ccco4)cc3)CCC2=O)c1. The Morgan fingerprint density at radius 2 is 1.82 bits per heavy atom. The van der Waals surface area contributed by atoms with Gasteiger partial charge >= 0.3 is 0 Å². The van der Waals surface area contributed by atoms with Gasteiger partial charge in [0.15, 0.2) is 5.76 Å². The Kier molecular flexibility index (Phi) is 6.35. The summed E-state index contributed by atoms with van der Waals surface area (Å²) in [5.41, 5.74) is 4.41. The highest BCUT2D eigenvalue weighted by Crippen LogP contribution is 2.25. The van der Waals surface area contributed by atoms with Gasteiger partial charge in [0, 0.05) is 25.1 Å². The summed E-state index contributed by atoms with van der Waals surface area (Å²) in [6.45, 7) is 4.15. The maximum atomic E-state index is 12.7. The highest BCUT2D eigenvalue weighted by Gasteiger charge is 2.26. The van der Waals surface area contributed by atoms with Crippen LogP contribution in [0.4, 0.5) is 11.4 Å². The molecule has 0 aliphatic carbocycles. The number of hydrogen-bond acceptors (Lipinski definition) is 5. The van der Waals surface area contributed by atoms with Gasteiger partial charge in [-0.15, -0.1) is 0 Å². The van der Waals surface area contributed by atoms with Crippen LogP contribution in [0.3, 0.4) is 0 Å². The molecule has 0 unspecified atom stereocenters. The molecule has 4 rings (SSSR count). The van der Waals surface area contributed by atoms with Gasteiger partial charge in [-0.3, -0.25) is 14.4 Å². The van der Waals surface area contributed by atoms with Gasteiger partial charge in [0.25, 0.3) is 11.8 Å². The molecular formula is C25H24N4O4. The summed E-state index contributed by atoms with van der Waals surface area (Å²) in [4.78, 5) is 37.2. The number of carbonyl (C=O) groups is 3. The number of nitrogens with zero attached hydrogens (tertiary/aromatic N) is 2. The molecule has 0 saturated heterocycles. The van der Waals surface area contributed by atoms with Crippen LogP contribution in [-0.2, 0) is 16.1 Å². The summed E-state index contributed by atoms with van der Waals surface area (Å²) >= 11 is 0. The minimum atomic E-state index is -0.334. The number of benzene rings is 2. The summed E-state index contributed by atoms with van der Waals surface area (Å²) in [6, 6.07) is 16.2. The fraction of sp³-hybridized carbons (Fsp3) is 0.200. The number of hydrogen-bond donors (Lipinski definition) is 2. The van der Waals surface area contributed by atoms with Gasteiger partial charge in [0.05, 0.1) is 12.0 Å². The van der Waals surface area contributed by atoms with Crippen LogP contribution in [0, 0.1) is 13.8 Å². The third-order valence-corrected chi connectivity index (χ3v) is 5.30. The highest BCUT2D eigenvalue weighted by atomic mass is 16.3. The van der Waals surface area contributed by atoms with Gasteiger partial charge in [-0.05, 0) is 60.9 Å². The number of carbonyl (C=O) groups excluding carboxylic acids is 3. The molecule has 0 atom stereocenters. The van der Waals surface area contributed by atoms with Crippen LogP contribution in [0.15, 0.2) is 70.4 Å². The number of amides is 3. The Morgan fingerprint density at radius 3 is 2.55 bits per heavy atom. The van der Waals surface area contributed by atoms with Crippen molar-refractivity contribution in [1.82, 2.24) is 5.32 Å². The maximum absolute atomic E-state index is 12.7. The Labute approximate surface area is 191 Å². The van der Waals surface area contributed by atoms with Crippen LogP contribution < -0.4 is 15.6 Å². The minimum Gasteiger partial charge on any atom is -0.459 e. The zero-order valence-electron chi connectivity index (χ0n) is 18.4. The zero-order chi connectivity index (χ0) is 23.4. The molecule has 168 valence electrons. The molecule has 3 aromatic rings. The summed E-state index contributed by atoms with van der Waals surface area (Å²) in [7, 11) is 0. The van der Waals surface area contributed by atoms with Crippen molar-refractivity contribution < 1.29 is 18.8 Å².